The zero-order valence-electron chi connectivity index (χ0n) is 44.3. The van der Waals surface area contributed by atoms with E-state index in [9.17, 15) is 5.11 Å². The Morgan fingerprint density at radius 3 is 0.886 bits per heavy atom. The predicted molar refractivity (Wildman–Crippen MR) is 298 cm³/mol. The minimum Gasteiger partial charge on any atom is -0.543 e. The van der Waals surface area contributed by atoms with Gasteiger partial charge in [0.15, 0.2) is 0 Å². The topological polar surface area (TPSA) is 94.1 Å². The van der Waals surface area contributed by atoms with Crippen molar-refractivity contribution in [2.75, 3.05) is 35.2 Å². The fourth-order valence-corrected chi connectivity index (χ4v) is 9.49. The van der Waals surface area contributed by atoms with E-state index in [2.05, 4.69) is 112 Å². The van der Waals surface area contributed by atoms with Crippen LogP contribution in [0, 0.1) is 0 Å². The number of aliphatic hydroxyl groups is 1. The third-order valence-corrected chi connectivity index (χ3v) is 27.0. The van der Waals surface area contributed by atoms with Crippen molar-refractivity contribution in [2.45, 2.75) is 117 Å². The van der Waals surface area contributed by atoms with Crippen molar-refractivity contribution in [2.24, 2.45) is 0 Å². The van der Waals surface area contributed by atoms with Crippen LogP contribution in [0.2, 0.25) is 54.4 Å². The summed E-state index contributed by atoms with van der Waals surface area (Å²) >= 11 is 0. The van der Waals surface area contributed by atoms with E-state index >= 15 is 0 Å². The average molecular weight is 1000 g/mol. The lowest BCUT2D eigenvalue weighted by atomic mass is 10.2. The molecule has 0 aromatic heterocycles. The number of nitrogens with one attached hydrogen (secondary N) is 1. The molecular weight excluding hydrogens is 923 g/mol. The molecule has 0 aliphatic heterocycles. The van der Waals surface area contributed by atoms with E-state index in [4.69, 9.17) is 27.5 Å². The highest BCUT2D eigenvalue weighted by Crippen LogP contribution is 2.41. The number of rotatable bonds is 20. The number of hydrogen-bond acceptors (Lipinski definition) is 10. The van der Waals surface area contributed by atoms with Gasteiger partial charge in [-0.3, -0.25) is 0 Å². The highest BCUT2D eigenvalue weighted by Gasteiger charge is 2.40. The SMILES string of the molecule is CC(C)(C)[Si](C)(C)Oc1ccc(Oc2ccc(NCN(CN(CO)c3ccc(Oc4ccc(O[Si](C)(C)C(C)(C)C)cc4)cc3)c3ccc(Oc4ccc(O[Si](C)(C)C(C)(C)C)cc4)cc3)cc2)cc1. The summed E-state index contributed by atoms with van der Waals surface area (Å²) in [5.74, 6) is 6.85. The predicted octanol–water partition coefficient (Wildman–Crippen LogP) is 16.5. The number of aliphatic hydroxyl groups excluding tert-OH is 1. The van der Waals surface area contributed by atoms with Gasteiger partial charge in [0, 0.05) is 17.1 Å². The molecule has 0 radical (unpaired) electrons. The van der Waals surface area contributed by atoms with Crippen molar-refractivity contribution in [3.05, 3.63) is 146 Å². The van der Waals surface area contributed by atoms with Crippen molar-refractivity contribution < 1.29 is 32.6 Å². The molecular formula is C57H77N3O7Si3. The van der Waals surface area contributed by atoms with Gasteiger partial charge in [-0.25, -0.2) is 0 Å². The number of benzene rings is 6. The molecule has 0 amide bonds. The summed E-state index contributed by atoms with van der Waals surface area (Å²) in [4.78, 5) is 4.05. The Hall–Kier alpha value is -5.87. The quantitative estimate of drug-likeness (QED) is 0.0569. The third-order valence-electron chi connectivity index (χ3n) is 14.0. The Morgan fingerprint density at radius 1 is 0.371 bits per heavy atom. The Bertz CT molecular complexity index is 2570. The molecule has 0 fully saturated rings. The van der Waals surface area contributed by atoms with E-state index in [0.29, 0.717) is 30.6 Å². The van der Waals surface area contributed by atoms with Crippen LogP contribution in [-0.4, -0.2) is 50.1 Å². The summed E-state index contributed by atoms with van der Waals surface area (Å²) in [7, 11) is -5.87. The molecule has 10 nitrogen and oxygen atoms in total. The highest BCUT2D eigenvalue weighted by molar-refractivity contribution is 6.75. The first-order chi connectivity index (χ1) is 32.7. The second-order valence-electron chi connectivity index (χ2n) is 22.5. The Morgan fingerprint density at radius 2 is 0.614 bits per heavy atom. The lowest BCUT2D eigenvalue weighted by molar-refractivity contribution is 0.290. The second kappa shape index (κ2) is 21.6. The van der Waals surface area contributed by atoms with Gasteiger partial charge in [-0.15, -0.1) is 0 Å². The van der Waals surface area contributed by atoms with Crippen LogP contribution in [0.25, 0.3) is 0 Å². The fourth-order valence-electron chi connectivity index (χ4n) is 6.39. The summed E-state index contributed by atoms with van der Waals surface area (Å²) in [6.45, 7) is 34.2. The first kappa shape index (κ1) is 53.5. The molecule has 70 heavy (non-hydrogen) atoms. The van der Waals surface area contributed by atoms with Crippen LogP contribution in [0.3, 0.4) is 0 Å². The van der Waals surface area contributed by atoms with Crippen molar-refractivity contribution in [3.8, 4) is 51.7 Å². The monoisotopic (exact) mass is 1000 g/mol. The summed E-state index contributed by atoms with van der Waals surface area (Å²) in [5.41, 5.74) is 2.67. The number of hydrogen-bond donors (Lipinski definition) is 2. The molecule has 6 aromatic carbocycles. The summed E-state index contributed by atoms with van der Waals surface area (Å²) in [6.07, 6.45) is 0. The molecule has 6 aromatic rings. The molecule has 13 heteroatoms. The first-order valence-corrected chi connectivity index (χ1v) is 33.0. The van der Waals surface area contributed by atoms with Gasteiger partial charge in [0.05, 0.1) is 13.3 Å². The van der Waals surface area contributed by atoms with Crippen LogP contribution >= 0.6 is 0 Å². The molecule has 0 spiro atoms. The molecule has 374 valence electrons. The third kappa shape index (κ3) is 14.4. The van der Waals surface area contributed by atoms with E-state index in [1.54, 1.807) is 0 Å². The highest BCUT2D eigenvalue weighted by atomic mass is 28.4. The molecule has 0 saturated heterocycles. The Labute approximate surface area is 421 Å². The molecule has 0 saturated carbocycles. The van der Waals surface area contributed by atoms with Crippen LogP contribution in [-0.2, 0) is 0 Å². The van der Waals surface area contributed by atoms with Crippen molar-refractivity contribution in [1.82, 2.24) is 0 Å². The lowest BCUT2D eigenvalue weighted by Gasteiger charge is -2.36. The normalized spacial score (nSPS) is 12.5. The minimum absolute atomic E-state index is 0.103. The van der Waals surface area contributed by atoms with Gasteiger partial charge in [-0.2, -0.15) is 0 Å². The summed E-state index contributed by atoms with van der Waals surface area (Å²) < 4.78 is 38.1. The van der Waals surface area contributed by atoms with E-state index in [1.807, 2.05) is 150 Å². The van der Waals surface area contributed by atoms with Crippen LogP contribution in [0.1, 0.15) is 62.3 Å². The summed E-state index contributed by atoms with van der Waals surface area (Å²) in [5, 5.41) is 14.7. The van der Waals surface area contributed by atoms with Crippen LogP contribution in [0.4, 0.5) is 17.1 Å². The average Bonchev–Trinajstić information content (AvgIpc) is 3.28. The lowest BCUT2D eigenvalue weighted by Crippen LogP contribution is -2.43. The van der Waals surface area contributed by atoms with Crippen molar-refractivity contribution >= 4 is 42.0 Å². The van der Waals surface area contributed by atoms with Crippen LogP contribution in [0.5, 0.6) is 51.7 Å². The standard InChI is InChI=1S/C57H77N3O7Si3/c1-55(2,3)68(10,11)65-52-34-28-49(29-35-52)62-46-22-16-43(17-23-46)58-40-59(44-18-24-47(25-19-44)63-50-30-36-53(37-31-50)66-69(12,13)56(4,5)6)41-60(42-61)45-20-26-48(27-21-45)64-51-32-38-54(39-33-51)67-70(14,15)57(7,8)9/h16-39,58,61H,40-42H2,1-15H3. The smallest absolute Gasteiger partial charge is 0.250 e. The molecule has 2 N–H and O–H groups in total. The van der Waals surface area contributed by atoms with Crippen molar-refractivity contribution in [1.29, 1.82) is 0 Å². The van der Waals surface area contributed by atoms with E-state index in [1.165, 1.54) is 0 Å². The zero-order chi connectivity index (χ0) is 51.1. The second-order valence-corrected chi connectivity index (χ2v) is 36.7. The number of nitrogens with zero attached hydrogens (tertiary/aromatic N) is 2. The molecule has 0 bridgehead atoms. The largest absolute Gasteiger partial charge is 0.543 e. The molecule has 6 rings (SSSR count). The fraction of sp³-hybridized carbons (Fsp3) is 0.368. The van der Waals surface area contributed by atoms with Crippen LogP contribution < -0.4 is 42.6 Å². The Kier molecular flexibility index (Phi) is 16.5. The maximum absolute atomic E-state index is 10.8. The van der Waals surface area contributed by atoms with Gasteiger partial charge in [-0.05, 0) is 200 Å². The van der Waals surface area contributed by atoms with Gasteiger partial charge in [0.1, 0.15) is 58.5 Å². The summed E-state index contributed by atoms with van der Waals surface area (Å²) in [6, 6.07) is 47.1. The maximum atomic E-state index is 10.8. The Balaban J connectivity index is 1.14. The maximum Gasteiger partial charge on any atom is 0.250 e. The van der Waals surface area contributed by atoms with Gasteiger partial charge in [0.25, 0.3) is 0 Å². The van der Waals surface area contributed by atoms with E-state index in [-0.39, 0.29) is 21.8 Å². The van der Waals surface area contributed by atoms with Crippen LogP contribution in [0.15, 0.2) is 146 Å². The van der Waals surface area contributed by atoms with E-state index in [0.717, 1.165) is 51.6 Å². The van der Waals surface area contributed by atoms with Gasteiger partial charge in [-0.1, -0.05) is 62.3 Å². The number of ether oxygens (including phenoxy) is 3. The molecule has 0 heterocycles. The molecule has 0 unspecified atom stereocenters. The van der Waals surface area contributed by atoms with E-state index < -0.39 is 25.0 Å². The number of anilines is 3. The van der Waals surface area contributed by atoms with Gasteiger partial charge >= 0.3 is 0 Å². The minimum atomic E-state index is -1.96. The van der Waals surface area contributed by atoms with Gasteiger partial charge < -0.3 is 47.7 Å². The molecule has 0 aliphatic carbocycles. The molecule has 0 atom stereocenters. The van der Waals surface area contributed by atoms with Gasteiger partial charge in [0.2, 0.25) is 25.0 Å². The molecule has 0 aliphatic rings. The first-order valence-electron chi connectivity index (χ1n) is 24.3. The zero-order valence-corrected chi connectivity index (χ0v) is 47.3. The van der Waals surface area contributed by atoms with Crippen molar-refractivity contribution in [3.63, 3.8) is 0 Å².